The average molecular weight is 283 g/mol. The van der Waals surface area contributed by atoms with Crippen LogP contribution in [-0.2, 0) is 11.2 Å². The molecule has 2 unspecified atom stereocenters. The van der Waals surface area contributed by atoms with Gasteiger partial charge in [0, 0.05) is 44.0 Å². The Morgan fingerprint density at radius 2 is 2.11 bits per heavy atom. The van der Waals surface area contributed by atoms with Crippen LogP contribution in [0.15, 0.2) is 17.5 Å². The van der Waals surface area contributed by atoms with Crippen LogP contribution in [0.3, 0.4) is 0 Å². The third kappa shape index (κ3) is 4.93. The minimum atomic E-state index is 0.102. The number of carbonyl (C=O) groups is 1. The molecule has 0 aromatic carbocycles. The molecule has 1 rings (SSSR count). The summed E-state index contributed by atoms with van der Waals surface area (Å²) < 4.78 is 0. The average Bonchev–Trinajstić information content (AvgIpc) is 2.87. The number of rotatable bonds is 7. The first kappa shape index (κ1) is 16.1. The van der Waals surface area contributed by atoms with Crippen LogP contribution < -0.4 is 5.73 Å². The van der Waals surface area contributed by atoms with Gasteiger partial charge in [-0.3, -0.25) is 9.69 Å². The van der Waals surface area contributed by atoms with E-state index in [-0.39, 0.29) is 11.9 Å². The molecule has 0 bridgehead atoms. The molecule has 2 atom stereocenters. The lowest BCUT2D eigenvalue weighted by Gasteiger charge is -2.32. The molecular weight excluding hydrogens is 258 g/mol. The Morgan fingerprint density at radius 1 is 1.42 bits per heavy atom. The highest BCUT2D eigenvalue weighted by Crippen LogP contribution is 2.16. The van der Waals surface area contributed by atoms with Crippen LogP contribution >= 0.6 is 11.3 Å². The molecule has 0 radical (unpaired) electrons. The van der Waals surface area contributed by atoms with Gasteiger partial charge in [-0.25, -0.2) is 0 Å². The Bertz CT molecular complexity index is 378. The van der Waals surface area contributed by atoms with Gasteiger partial charge in [-0.1, -0.05) is 6.07 Å². The van der Waals surface area contributed by atoms with Crippen molar-refractivity contribution in [3.8, 4) is 0 Å². The maximum absolute atomic E-state index is 11.8. The van der Waals surface area contributed by atoms with E-state index in [1.807, 2.05) is 0 Å². The topological polar surface area (TPSA) is 49.6 Å². The van der Waals surface area contributed by atoms with Crippen molar-refractivity contribution in [1.82, 2.24) is 9.80 Å². The van der Waals surface area contributed by atoms with Crippen molar-refractivity contribution in [2.24, 2.45) is 5.73 Å². The maximum atomic E-state index is 11.8. The Morgan fingerprint density at radius 3 is 2.58 bits per heavy atom. The molecule has 0 fully saturated rings. The van der Waals surface area contributed by atoms with Gasteiger partial charge in [0.1, 0.15) is 0 Å². The Labute approximate surface area is 120 Å². The smallest absolute Gasteiger partial charge is 0.223 e. The SMILES string of the molecule is CC(Cc1cccs1)N(C)C(CN)CC(=O)N(C)C. The predicted molar refractivity (Wildman–Crippen MR) is 81.4 cm³/mol. The van der Waals surface area contributed by atoms with Crippen molar-refractivity contribution in [2.75, 3.05) is 27.7 Å². The monoisotopic (exact) mass is 283 g/mol. The number of hydrogen-bond acceptors (Lipinski definition) is 4. The summed E-state index contributed by atoms with van der Waals surface area (Å²) >= 11 is 1.77. The van der Waals surface area contributed by atoms with E-state index >= 15 is 0 Å². The van der Waals surface area contributed by atoms with E-state index < -0.39 is 0 Å². The van der Waals surface area contributed by atoms with E-state index in [2.05, 4.69) is 36.4 Å². The molecule has 1 aromatic heterocycles. The first-order valence-corrected chi connectivity index (χ1v) is 7.48. The standard InChI is InChI=1S/C14H25N3OS/c1-11(8-13-6-5-7-19-13)17(4)12(10-15)9-14(18)16(2)3/h5-7,11-12H,8-10,15H2,1-4H3. The Balaban J connectivity index is 2.56. The van der Waals surface area contributed by atoms with Crippen LogP contribution in [0, 0.1) is 0 Å². The summed E-state index contributed by atoms with van der Waals surface area (Å²) in [6.07, 6.45) is 1.48. The second-order valence-electron chi connectivity index (χ2n) is 5.18. The van der Waals surface area contributed by atoms with Crippen LogP contribution in [0.5, 0.6) is 0 Å². The van der Waals surface area contributed by atoms with Gasteiger partial charge < -0.3 is 10.6 Å². The molecule has 0 saturated carbocycles. The molecule has 1 heterocycles. The summed E-state index contributed by atoms with van der Waals surface area (Å²) in [4.78, 5) is 17.0. The Kier molecular flexibility index (Phi) is 6.48. The molecule has 4 nitrogen and oxygen atoms in total. The van der Waals surface area contributed by atoms with E-state index in [0.717, 1.165) is 6.42 Å². The molecule has 5 heteroatoms. The van der Waals surface area contributed by atoms with Crippen molar-refractivity contribution in [1.29, 1.82) is 0 Å². The van der Waals surface area contributed by atoms with Crippen molar-refractivity contribution < 1.29 is 4.79 Å². The fourth-order valence-corrected chi connectivity index (χ4v) is 2.83. The van der Waals surface area contributed by atoms with E-state index in [9.17, 15) is 4.79 Å². The van der Waals surface area contributed by atoms with Gasteiger partial charge in [0.05, 0.1) is 0 Å². The first-order chi connectivity index (χ1) is 8.95. The van der Waals surface area contributed by atoms with Crippen LogP contribution in [0.25, 0.3) is 0 Å². The van der Waals surface area contributed by atoms with Crippen LogP contribution in [-0.4, -0.2) is 55.5 Å². The molecule has 108 valence electrons. The lowest BCUT2D eigenvalue weighted by atomic mass is 10.1. The lowest BCUT2D eigenvalue weighted by Crippen LogP contribution is -2.46. The van der Waals surface area contributed by atoms with Crippen LogP contribution in [0.2, 0.25) is 0 Å². The zero-order valence-electron chi connectivity index (χ0n) is 12.3. The number of likely N-dealkylation sites (N-methyl/N-ethyl adjacent to an activating group) is 1. The van der Waals surface area contributed by atoms with Gasteiger partial charge in [0.2, 0.25) is 5.91 Å². The molecule has 0 aliphatic rings. The molecule has 2 N–H and O–H groups in total. The molecule has 1 aromatic rings. The van der Waals surface area contributed by atoms with E-state index in [1.54, 1.807) is 30.3 Å². The van der Waals surface area contributed by atoms with Gasteiger partial charge in [-0.2, -0.15) is 0 Å². The Hall–Kier alpha value is -0.910. The number of hydrogen-bond donors (Lipinski definition) is 1. The largest absolute Gasteiger partial charge is 0.349 e. The predicted octanol–water partition coefficient (Wildman–Crippen LogP) is 1.42. The number of carbonyl (C=O) groups excluding carboxylic acids is 1. The van der Waals surface area contributed by atoms with Crippen molar-refractivity contribution in [3.05, 3.63) is 22.4 Å². The zero-order chi connectivity index (χ0) is 14.4. The first-order valence-electron chi connectivity index (χ1n) is 6.60. The summed E-state index contributed by atoms with van der Waals surface area (Å²) in [7, 11) is 5.62. The highest BCUT2D eigenvalue weighted by atomic mass is 32.1. The van der Waals surface area contributed by atoms with Crippen molar-refractivity contribution >= 4 is 17.2 Å². The molecule has 1 amide bonds. The summed E-state index contributed by atoms with van der Waals surface area (Å²) in [5, 5.41) is 2.10. The van der Waals surface area contributed by atoms with Gasteiger partial charge in [-0.15, -0.1) is 11.3 Å². The second kappa shape index (κ2) is 7.62. The number of thiophene rings is 1. The molecular formula is C14H25N3OS. The highest BCUT2D eigenvalue weighted by molar-refractivity contribution is 7.09. The molecule has 19 heavy (non-hydrogen) atoms. The fraction of sp³-hybridized carbons (Fsp3) is 0.643. The van der Waals surface area contributed by atoms with Crippen molar-refractivity contribution in [3.63, 3.8) is 0 Å². The third-order valence-corrected chi connectivity index (χ3v) is 4.43. The minimum Gasteiger partial charge on any atom is -0.349 e. The van der Waals surface area contributed by atoms with Crippen LogP contribution in [0.1, 0.15) is 18.2 Å². The highest BCUT2D eigenvalue weighted by Gasteiger charge is 2.22. The molecule has 0 aliphatic carbocycles. The number of nitrogens with two attached hydrogens (primary N) is 1. The number of nitrogens with zero attached hydrogens (tertiary/aromatic N) is 2. The summed E-state index contributed by atoms with van der Waals surface area (Å²) in [6, 6.07) is 4.70. The van der Waals surface area contributed by atoms with E-state index in [4.69, 9.17) is 5.73 Å². The quantitative estimate of drug-likeness (QED) is 0.823. The van der Waals surface area contributed by atoms with Gasteiger partial charge >= 0.3 is 0 Å². The number of amides is 1. The van der Waals surface area contributed by atoms with Gasteiger partial charge in [-0.05, 0) is 31.8 Å². The summed E-state index contributed by atoms with van der Waals surface area (Å²) in [6.45, 7) is 2.69. The summed E-state index contributed by atoms with van der Waals surface area (Å²) in [5.41, 5.74) is 5.82. The molecule has 0 spiro atoms. The zero-order valence-corrected chi connectivity index (χ0v) is 13.1. The normalized spacial score (nSPS) is 14.4. The third-order valence-electron chi connectivity index (χ3n) is 3.53. The van der Waals surface area contributed by atoms with E-state index in [1.165, 1.54) is 4.88 Å². The summed E-state index contributed by atoms with van der Waals surface area (Å²) in [5.74, 6) is 0.130. The fourth-order valence-electron chi connectivity index (χ4n) is 2.00. The minimum absolute atomic E-state index is 0.102. The van der Waals surface area contributed by atoms with Crippen LogP contribution in [0.4, 0.5) is 0 Å². The lowest BCUT2D eigenvalue weighted by molar-refractivity contribution is -0.130. The van der Waals surface area contributed by atoms with E-state index in [0.29, 0.717) is 19.0 Å². The maximum Gasteiger partial charge on any atom is 0.223 e. The molecule has 0 aliphatic heterocycles. The second-order valence-corrected chi connectivity index (χ2v) is 6.21. The van der Waals surface area contributed by atoms with Gasteiger partial charge in [0.25, 0.3) is 0 Å². The van der Waals surface area contributed by atoms with Gasteiger partial charge in [0.15, 0.2) is 0 Å². The van der Waals surface area contributed by atoms with Crippen molar-refractivity contribution in [2.45, 2.75) is 31.8 Å². The molecule has 0 saturated heterocycles.